The zero-order valence-electron chi connectivity index (χ0n) is 8.53. The van der Waals surface area contributed by atoms with Gasteiger partial charge >= 0.3 is 0 Å². The minimum absolute atomic E-state index is 0.334. The fourth-order valence-electron chi connectivity index (χ4n) is 1.19. The van der Waals surface area contributed by atoms with Crippen molar-refractivity contribution in [3.05, 3.63) is 40.1 Å². The van der Waals surface area contributed by atoms with E-state index in [1.165, 1.54) is 11.8 Å². The maximum Gasteiger partial charge on any atom is 0.296 e. The summed E-state index contributed by atoms with van der Waals surface area (Å²) in [6.45, 7) is 0. The lowest BCUT2D eigenvalue weighted by atomic mass is 10.2. The van der Waals surface area contributed by atoms with Crippen LogP contribution < -0.4 is 0 Å². The van der Waals surface area contributed by atoms with Crippen molar-refractivity contribution in [2.24, 2.45) is 0 Å². The molecule has 0 saturated heterocycles. The van der Waals surface area contributed by atoms with Gasteiger partial charge in [-0.3, -0.25) is 5.10 Å². The second-order valence-electron chi connectivity index (χ2n) is 3.22. The molecule has 7 heteroatoms. The molecule has 1 heterocycles. The van der Waals surface area contributed by atoms with E-state index in [-0.39, 0.29) is 5.82 Å². The molecule has 0 unspecified atom stereocenters. The van der Waals surface area contributed by atoms with Crippen LogP contribution in [-0.2, 0) is 5.75 Å². The number of alkyl halides is 2. The first-order valence-electron chi connectivity index (χ1n) is 4.73. The number of H-pyrrole nitrogens is 1. The molecule has 90 valence electrons. The van der Waals surface area contributed by atoms with E-state index < -0.39 is 6.43 Å². The predicted molar refractivity (Wildman–Crippen MR) is 65.0 cm³/mol. The Labute approximate surface area is 109 Å². The molecule has 0 fully saturated rings. The third kappa shape index (κ3) is 3.50. The largest absolute Gasteiger partial charge is 0.296 e. The molecule has 0 atom stereocenters. The zero-order chi connectivity index (χ0) is 12.3. The maximum absolute atomic E-state index is 12.2. The first kappa shape index (κ1) is 12.5. The molecule has 0 spiro atoms. The highest BCUT2D eigenvalue weighted by molar-refractivity contribution is 9.10. The Morgan fingerprint density at radius 1 is 1.41 bits per heavy atom. The minimum Gasteiger partial charge on any atom is -0.257 e. The van der Waals surface area contributed by atoms with Crippen LogP contribution in [0.5, 0.6) is 0 Å². The Kier molecular flexibility index (Phi) is 4.11. The highest BCUT2D eigenvalue weighted by atomic mass is 79.9. The quantitative estimate of drug-likeness (QED) is 0.871. The number of hydrogen-bond acceptors (Lipinski definition) is 3. The molecular weight excluding hydrogens is 312 g/mol. The van der Waals surface area contributed by atoms with Gasteiger partial charge in [-0.25, -0.2) is 13.8 Å². The van der Waals surface area contributed by atoms with Crippen LogP contribution in [0.4, 0.5) is 8.78 Å². The first-order valence-corrected chi connectivity index (χ1v) is 6.50. The summed E-state index contributed by atoms with van der Waals surface area (Å²) >= 11 is 4.68. The molecule has 0 aliphatic carbocycles. The smallest absolute Gasteiger partial charge is 0.257 e. The van der Waals surface area contributed by atoms with Crippen molar-refractivity contribution < 1.29 is 8.78 Å². The van der Waals surface area contributed by atoms with Crippen molar-refractivity contribution in [3.8, 4) is 0 Å². The lowest BCUT2D eigenvalue weighted by Gasteiger charge is -1.98. The van der Waals surface area contributed by atoms with E-state index in [1.807, 2.05) is 24.3 Å². The van der Waals surface area contributed by atoms with E-state index in [9.17, 15) is 8.78 Å². The SMILES string of the molecule is FC(F)c1nc(SCc2cccc(Br)c2)n[nH]1. The Hall–Kier alpha value is -0.950. The molecule has 0 bridgehead atoms. The van der Waals surface area contributed by atoms with Crippen LogP contribution in [0, 0.1) is 0 Å². The highest BCUT2D eigenvalue weighted by Crippen LogP contribution is 2.23. The van der Waals surface area contributed by atoms with Gasteiger partial charge < -0.3 is 0 Å². The van der Waals surface area contributed by atoms with Gasteiger partial charge in [0.05, 0.1) is 0 Å². The molecule has 0 aliphatic heterocycles. The molecule has 0 radical (unpaired) electrons. The summed E-state index contributed by atoms with van der Waals surface area (Å²) in [5, 5.41) is 6.26. The number of benzene rings is 1. The highest BCUT2D eigenvalue weighted by Gasteiger charge is 2.12. The molecule has 1 N–H and O–H groups in total. The lowest BCUT2D eigenvalue weighted by molar-refractivity contribution is 0.140. The number of thioether (sulfide) groups is 1. The van der Waals surface area contributed by atoms with Crippen LogP contribution in [0.25, 0.3) is 0 Å². The Balaban J connectivity index is 1.97. The van der Waals surface area contributed by atoms with Gasteiger partial charge in [0, 0.05) is 10.2 Å². The van der Waals surface area contributed by atoms with Gasteiger partial charge in [-0.1, -0.05) is 39.8 Å². The Morgan fingerprint density at radius 2 is 2.24 bits per heavy atom. The molecule has 17 heavy (non-hydrogen) atoms. The molecule has 0 aliphatic rings. The van der Waals surface area contributed by atoms with Gasteiger partial charge in [-0.15, -0.1) is 5.10 Å². The normalized spacial score (nSPS) is 11.1. The van der Waals surface area contributed by atoms with Crippen LogP contribution in [0.3, 0.4) is 0 Å². The van der Waals surface area contributed by atoms with Crippen LogP contribution in [0.15, 0.2) is 33.9 Å². The summed E-state index contributed by atoms with van der Waals surface area (Å²) in [5.74, 6) is 0.252. The summed E-state index contributed by atoms with van der Waals surface area (Å²) in [5.41, 5.74) is 1.08. The van der Waals surface area contributed by atoms with Crippen molar-refractivity contribution in [2.75, 3.05) is 0 Å². The second-order valence-corrected chi connectivity index (χ2v) is 5.08. The van der Waals surface area contributed by atoms with Crippen LogP contribution in [-0.4, -0.2) is 15.2 Å². The Bertz CT molecular complexity index is 504. The van der Waals surface area contributed by atoms with E-state index >= 15 is 0 Å². The molecule has 0 saturated carbocycles. The third-order valence-corrected chi connectivity index (χ3v) is 3.36. The van der Waals surface area contributed by atoms with E-state index in [0.29, 0.717) is 10.9 Å². The Morgan fingerprint density at radius 3 is 2.88 bits per heavy atom. The molecule has 3 nitrogen and oxygen atoms in total. The van der Waals surface area contributed by atoms with Crippen molar-refractivity contribution in [3.63, 3.8) is 0 Å². The van der Waals surface area contributed by atoms with E-state index in [4.69, 9.17) is 0 Å². The number of aromatic amines is 1. The van der Waals surface area contributed by atoms with Crippen LogP contribution in [0.2, 0.25) is 0 Å². The third-order valence-electron chi connectivity index (χ3n) is 1.95. The number of nitrogens with one attached hydrogen (secondary N) is 1. The average molecular weight is 320 g/mol. The van der Waals surface area contributed by atoms with Gasteiger partial charge in [-0.2, -0.15) is 0 Å². The molecule has 1 aromatic carbocycles. The standard InChI is InChI=1S/C10H8BrF2N3S/c11-7-3-1-2-6(4-7)5-17-10-14-9(8(12)13)15-16-10/h1-4,8H,5H2,(H,14,15,16). The lowest BCUT2D eigenvalue weighted by Crippen LogP contribution is -1.86. The number of hydrogen-bond donors (Lipinski definition) is 1. The summed E-state index contributed by atoms with van der Waals surface area (Å²) in [7, 11) is 0. The summed E-state index contributed by atoms with van der Waals surface area (Å²) in [4.78, 5) is 3.68. The zero-order valence-corrected chi connectivity index (χ0v) is 10.9. The van der Waals surface area contributed by atoms with Crippen molar-refractivity contribution >= 4 is 27.7 Å². The predicted octanol–water partition coefficient (Wildman–Crippen LogP) is 3.80. The first-order chi connectivity index (χ1) is 8.15. The summed E-state index contributed by atoms with van der Waals surface area (Å²) in [6, 6.07) is 7.77. The fraction of sp³-hybridized carbons (Fsp3) is 0.200. The average Bonchev–Trinajstić information content (AvgIpc) is 2.75. The number of nitrogens with zero attached hydrogens (tertiary/aromatic N) is 2. The number of aromatic nitrogens is 3. The number of halogens is 3. The second kappa shape index (κ2) is 5.59. The van der Waals surface area contributed by atoms with Crippen LogP contribution >= 0.6 is 27.7 Å². The molecular formula is C10H8BrF2N3S. The van der Waals surface area contributed by atoms with Gasteiger partial charge in [-0.05, 0) is 17.7 Å². The molecule has 2 rings (SSSR count). The van der Waals surface area contributed by atoms with E-state index in [1.54, 1.807) is 0 Å². The van der Waals surface area contributed by atoms with Crippen LogP contribution in [0.1, 0.15) is 17.8 Å². The van der Waals surface area contributed by atoms with Crippen molar-refractivity contribution in [2.45, 2.75) is 17.3 Å². The van der Waals surface area contributed by atoms with Gasteiger partial charge in [0.1, 0.15) is 0 Å². The van der Waals surface area contributed by atoms with Crippen molar-refractivity contribution in [1.29, 1.82) is 0 Å². The molecule has 2 aromatic rings. The molecule has 0 amide bonds. The van der Waals surface area contributed by atoms with Gasteiger partial charge in [0.15, 0.2) is 5.82 Å². The summed E-state index contributed by atoms with van der Waals surface area (Å²) in [6.07, 6.45) is -2.61. The minimum atomic E-state index is -2.61. The van der Waals surface area contributed by atoms with E-state index in [0.717, 1.165) is 10.0 Å². The van der Waals surface area contributed by atoms with Crippen molar-refractivity contribution in [1.82, 2.24) is 15.2 Å². The monoisotopic (exact) mass is 319 g/mol. The molecule has 1 aromatic heterocycles. The number of rotatable bonds is 4. The maximum atomic E-state index is 12.2. The fourth-order valence-corrected chi connectivity index (χ4v) is 2.39. The topological polar surface area (TPSA) is 41.6 Å². The van der Waals surface area contributed by atoms with Gasteiger partial charge in [0.2, 0.25) is 5.16 Å². The summed E-state index contributed by atoms with van der Waals surface area (Å²) < 4.78 is 25.5. The van der Waals surface area contributed by atoms with Gasteiger partial charge in [0.25, 0.3) is 6.43 Å². The van der Waals surface area contributed by atoms with E-state index in [2.05, 4.69) is 31.1 Å².